The van der Waals surface area contributed by atoms with Crippen molar-refractivity contribution >= 4 is 37.6 Å². The molecule has 0 radical (unpaired) electrons. The van der Waals surface area contributed by atoms with Crippen LogP contribution < -0.4 is 5.32 Å². The lowest BCUT2D eigenvalue weighted by molar-refractivity contribution is 0.0523. The number of hydrogen-bond acceptors (Lipinski definition) is 4. The van der Waals surface area contributed by atoms with E-state index in [2.05, 4.69) is 34.6 Å². The third-order valence-corrected chi connectivity index (χ3v) is 7.88. The van der Waals surface area contributed by atoms with Crippen molar-refractivity contribution in [2.24, 2.45) is 0 Å². The van der Waals surface area contributed by atoms with Gasteiger partial charge in [-0.1, -0.05) is 66.7 Å². The Kier molecular flexibility index (Phi) is 6.25. The molecule has 1 amide bonds. The number of nitrogens with one attached hydrogen (secondary N) is 2. The zero-order valence-electron chi connectivity index (χ0n) is 20.9. The molecule has 0 aliphatic rings. The lowest BCUT2D eigenvalue weighted by atomic mass is 9.97. The Morgan fingerprint density at radius 2 is 1.57 bits per heavy atom. The summed E-state index contributed by atoms with van der Waals surface area (Å²) < 4.78 is 32.7. The van der Waals surface area contributed by atoms with Crippen molar-refractivity contribution < 1.29 is 17.9 Å². The zero-order valence-corrected chi connectivity index (χ0v) is 21.7. The molecule has 0 bridgehead atoms. The van der Waals surface area contributed by atoms with E-state index in [-0.39, 0.29) is 16.5 Å². The molecule has 5 aromatic rings. The second kappa shape index (κ2) is 9.41. The number of alkyl carbamates (subject to hydrolysis) is 1. The number of rotatable bonds is 5. The summed E-state index contributed by atoms with van der Waals surface area (Å²) in [4.78, 5) is 15.7. The minimum atomic E-state index is -3.87. The van der Waals surface area contributed by atoms with Gasteiger partial charge in [0.2, 0.25) is 9.84 Å². The fraction of sp³-hybridized carbons (Fsp3) is 0.167. The molecule has 0 fully saturated rings. The highest BCUT2D eigenvalue weighted by atomic mass is 32.2. The molecule has 5 rings (SSSR count). The maximum absolute atomic E-state index is 13.7. The molecule has 0 aliphatic carbocycles. The van der Waals surface area contributed by atoms with Crippen LogP contribution in [0.15, 0.2) is 101 Å². The second-order valence-electron chi connectivity index (χ2n) is 9.89. The van der Waals surface area contributed by atoms with E-state index in [0.717, 1.165) is 27.3 Å². The summed E-state index contributed by atoms with van der Waals surface area (Å²) in [6.07, 6.45) is -0.616. The van der Waals surface area contributed by atoms with Gasteiger partial charge in [0, 0.05) is 23.0 Å². The molecule has 0 saturated carbocycles. The van der Waals surface area contributed by atoms with E-state index in [4.69, 9.17) is 4.74 Å². The van der Waals surface area contributed by atoms with Gasteiger partial charge in [0.1, 0.15) is 10.6 Å². The highest BCUT2D eigenvalue weighted by Crippen LogP contribution is 2.35. The van der Waals surface area contributed by atoms with Crippen LogP contribution in [0, 0.1) is 0 Å². The van der Waals surface area contributed by atoms with Crippen LogP contribution in [0.2, 0.25) is 0 Å². The van der Waals surface area contributed by atoms with Crippen molar-refractivity contribution in [3.63, 3.8) is 0 Å². The fourth-order valence-corrected chi connectivity index (χ4v) is 5.97. The number of H-pyrrole nitrogens is 1. The molecule has 7 heteroatoms. The number of benzene rings is 4. The first-order valence-electron chi connectivity index (χ1n) is 12.0. The fourth-order valence-electron chi connectivity index (χ4n) is 4.46. The molecule has 4 aromatic carbocycles. The molecule has 1 heterocycles. The number of sulfone groups is 1. The van der Waals surface area contributed by atoms with Crippen LogP contribution in [-0.4, -0.2) is 25.1 Å². The van der Waals surface area contributed by atoms with Crippen molar-refractivity contribution in [3.05, 3.63) is 96.6 Å². The van der Waals surface area contributed by atoms with Crippen molar-refractivity contribution in [1.29, 1.82) is 0 Å². The Hall–Kier alpha value is -4.10. The lowest BCUT2D eigenvalue weighted by Gasteiger charge is -2.19. The number of aromatic amines is 1. The minimum absolute atomic E-state index is 0.0186. The number of amides is 1. The van der Waals surface area contributed by atoms with Gasteiger partial charge in [-0.05, 0) is 66.9 Å². The molecule has 37 heavy (non-hydrogen) atoms. The molecule has 0 spiro atoms. The molecular weight excluding hydrogens is 484 g/mol. The van der Waals surface area contributed by atoms with Gasteiger partial charge < -0.3 is 15.0 Å². The molecule has 0 unspecified atom stereocenters. The van der Waals surface area contributed by atoms with Crippen LogP contribution >= 0.6 is 0 Å². The lowest BCUT2D eigenvalue weighted by Crippen LogP contribution is -2.32. The predicted octanol–water partition coefficient (Wildman–Crippen LogP) is 6.85. The highest BCUT2D eigenvalue weighted by molar-refractivity contribution is 7.91. The van der Waals surface area contributed by atoms with Crippen molar-refractivity contribution in [2.75, 3.05) is 0 Å². The van der Waals surface area contributed by atoms with Gasteiger partial charge in [-0.2, -0.15) is 0 Å². The third kappa shape index (κ3) is 4.95. The maximum atomic E-state index is 13.7. The largest absolute Gasteiger partial charge is 0.444 e. The third-order valence-electron chi connectivity index (χ3n) is 6.10. The van der Waals surface area contributed by atoms with Gasteiger partial charge in [0.05, 0.1) is 4.90 Å². The quantitative estimate of drug-likeness (QED) is 0.270. The molecule has 2 N–H and O–H groups in total. The van der Waals surface area contributed by atoms with E-state index in [1.165, 1.54) is 0 Å². The predicted molar refractivity (Wildman–Crippen MR) is 146 cm³/mol. The summed E-state index contributed by atoms with van der Waals surface area (Å²) >= 11 is 0. The second-order valence-corrected chi connectivity index (χ2v) is 11.8. The van der Waals surface area contributed by atoms with E-state index < -0.39 is 21.5 Å². The standard InChI is InChI=1S/C30H28N2O4S/c1-30(2,3)36-29(33)31-19-26-25-18-21(24-15-9-11-20-10-7-8-14-23(20)24)16-17-27(25)32-28(26)37(34,35)22-12-5-4-6-13-22/h4-18,32H,19H2,1-3H3,(H,31,33). The van der Waals surface area contributed by atoms with Gasteiger partial charge in [-0.15, -0.1) is 0 Å². The minimum Gasteiger partial charge on any atom is -0.444 e. The van der Waals surface area contributed by atoms with Crippen LogP contribution in [0.5, 0.6) is 0 Å². The van der Waals surface area contributed by atoms with Crippen molar-refractivity contribution in [1.82, 2.24) is 10.3 Å². The molecule has 6 nitrogen and oxygen atoms in total. The molecule has 1 aromatic heterocycles. The molecule has 0 atom stereocenters. The van der Waals surface area contributed by atoms with Crippen LogP contribution in [0.25, 0.3) is 32.8 Å². The molecular formula is C30H28N2O4S. The Labute approximate surface area is 216 Å². The number of carbonyl (C=O) groups excluding carboxylic acids is 1. The zero-order chi connectivity index (χ0) is 26.2. The van der Waals surface area contributed by atoms with Crippen LogP contribution in [0.4, 0.5) is 4.79 Å². The first kappa shape index (κ1) is 24.6. The van der Waals surface area contributed by atoms with E-state index in [1.54, 1.807) is 51.1 Å². The van der Waals surface area contributed by atoms with Gasteiger partial charge in [-0.3, -0.25) is 0 Å². The Morgan fingerprint density at radius 3 is 2.32 bits per heavy atom. The first-order valence-corrected chi connectivity index (χ1v) is 13.5. The average Bonchev–Trinajstić information content (AvgIpc) is 3.25. The van der Waals surface area contributed by atoms with Gasteiger partial charge in [0.15, 0.2) is 0 Å². The highest BCUT2D eigenvalue weighted by Gasteiger charge is 2.26. The maximum Gasteiger partial charge on any atom is 0.407 e. The Bertz CT molecular complexity index is 1710. The summed E-state index contributed by atoms with van der Waals surface area (Å²) in [6.45, 7) is 5.31. The molecule has 188 valence electrons. The average molecular weight is 513 g/mol. The number of ether oxygens (including phenoxy) is 1. The van der Waals surface area contributed by atoms with Gasteiger partial charge in [0.25, 0.3) is 0 Å². The number of aromatic nitrogens is 1. The van der Waals surface area contributed by atoms with Crippen molar-refractivity contribution in [2.45, 2.75) is 42.8 Å². The van der Waals surface area contributed by atoms with Gasteiger partial charge in [-0.25, -0.2) is 13.2 Å². The number of hydrogen-bond donors (Lipinski definition) is 2. The summed E-state index contributed by atoms with van der Waals surface area (Å²) in [5.74, 6) is 0. The Morgan fingerprint density at radius 1 is 0.865 bits per heavy atom. The van der Waals surface area contributed by atoms with Crippen molar-refractivity contribution in [3.8, 4) is 11.1 Å². The van der Waals surface area contributed by atoms with Crippen LogP contribution in [0.3, 0.4) is 0 Å². The van der Waals surface area contributed by atoms with Crippen LogP contribution in [0.1, 0.15) is 26.3 Å². The monoisotopic (exact) mass is 512 g/mol. The van der Waals surface area contributed by atoms with Crippen LogP contribution in [-0.2, 0) is 21.1 Å². The van der Waals surface area contributed by atoms with E-state index in [1.807, 2.05) is 36.4 Å². The number of carbonyl (C=O) groups is 1. The van der Waals surface area contributed by atoms with E-state index in [0.29, 0.717) is 11.1 Å². The summed E-state index contributed by atoms with van der Waals surface area (Å²) in [5.41, 5.74) is 2.46. The smallest absolute Gasteiger partial charge is 0.407 e. The normalized spacial score (nSPS) is 12.1. The number of fused-ring (bicyclic) bond motifs is 2. The van der Waals surface area contributed by atoms with E-state index >= 15 is 0 Å². The van der Waals surface area contributed by atoms with E-state index in [9.17, 15) is 13.2 Å². The Balaban J connectivity index is 1.66. The molecule has 0 saturated heterocycles. The summed E-state index contributed by atoms with van der Waals surface area (Å²) in [5, 5.41) is 5.74. The topological polar surface area (TPSA) is 88.3 Å². The first-order chi connectivity index (χ1) is 17.6. The summed E-state index contributed by atoms with van der Waals surface area (Å²) in [6, 6.07) is 28.4. The SMILES string of the molecule is CC(C)(C)OC(=O)NCc1c(S(=O)(=O)c2ccccc2)[nH]c2ccc(-c3cccc4ccccc34)cc12. The summed E-state index contributed by atoms with van der Waals surface area (Å²) in [7, 11) is -3.87. The molecule has 0 aliphatic heterocycles. The van der Waals surface area contributed by atoms with Gasteiger partial charge >= 0.3 is 6.09 Å².